The van der Waals surface area contributed by atoms with Crippen molar-refractivity contribution in [2.75, 3.05) is 25.0 Å². The molecule has 3 saturated heterocycles. The molecule has 0 aliphatic carbocycles. The van der Waals surface area contributed by atoms with Crippen LogP contribution in [0.3, 0.4) is 0 Å². The van der Waals surface area contributed by atoms with E-state index in [1.54, 1.807) is 66.9 Å². The Hall–Kier alpha value is -3.82. The van der Waals surface area contributed by atoms with Crippen LogP contribution in [0.2, 0.25) is 0 Å². The summed E-state index contributed by atoms with van der Waals surface area (Å²) >= 11 is 0. The molecule has 35 heavy (non-hydrogen) atoms. The number of fused-ring (bicyclic) bond motifs is 5. The standard InChI is InChI=1S/C26H24N4O5/c31-24(26(33)18-6-1-3-8-20(18)34-21-9-4-2-7-19(21)26)35-22-16-30(14-11-17(22)12-15-30)25(32)28-23-10-5-13-27-29-23/h1-10,13,17,22,33H,11-12,14-16H2/p+1/t17?,22-,30?/m0/s1. The number of carbonyl (C=O) groups excluding carboxylic acids is 2. The molecule has 2 amide bonds. The summed E-state index contributed by atoms with van der Waals surface area (Å²) in [6.45, 7) is 1.67. The zero-order chi connectivity index (χ0) is 24.0. The molecule has 9 nitrogen and oxygen atoms in total. The van der Waals surface area contributed by atoms with Crippen LogP contribution < -0.4 is 10.1 Å². The van der Waals surface area contributed by atoms with E-state index < -0.39 is 17.7 Å². The van der Waals surface area contributed by atoms with Crippen molar-refractivity contribution >= 4 is 17.8 Å². The van der Waals surface area contributed by atoms with Gasteiger partial charge >= 0.3 is 12.0 Å². The highest BCUT2D eigenvalue weighted by atomic mass is 16.6. The maximum Gasteiger partial charge on any atom is 0.422 e. The minimum Gasteiger partial charge on any atom is -0.457 e. The molecule has 0 saturated carbocycles. The summed E-state index contributed by atoms with van der Waals surface area (Å²) in [5.41, 5.74) is -1.33. The smallest absolute Gasteiger partial charge is 0.422 e. The fourth-order valence-corrected chi connectivity index (χ4v) is 5.56. The van der Waals surface area contributed by atoms with E-state index in [2.05, 4.69) is 15.5 Å². The third kappa shape index (κ3) is 3.46. The molecule has 178 valence electrons. The van der Waals surface area contributed by atoms with Crippen molar-refractivity contribution in [3.8, 4) is 11.5 Å². The van der Waals surface area contributed by atoms with Crippen LogP contribution in [0.1, 0.15) is 24.0 Å². The number of benzene rings is 2. The van der Waals surface area contributed by atoms with Crippen LogP contribution in [-0.4, -0.2) is 57.5 Å². The number of esters is 1. The lowest BCUT2D eigenvalue weighted by Crippen LogP contribution is -2.68. The number of anilines is 1. The lowest BCUT2D eigenvalue weighted by molar-refractivity contribution is -0.869. The zero-order valence-electron chi connectivity index (χ0n) is 19.0. The van der Waals surface area contributed by atoms with Crippen LogP contribution in [-0.2, 0) is 15.1 Å². The van der Waals surface area contributed by atoms with Gasteiger partial charge in [0.25, 0.3) is 0 Å². The average Bonchev–Trinajstić information content (AvgIpc) is 2.90. The molecule has 2 aromatic carbocycles. The molecular weight excluding hydrogens is 448 g/mol. The molecule has 0 radical (unpaired) electrons. The Bertz CT molecular complexity index is 1240. The summed E-state index contributed by atoms with van der Waals surface area (Å²) in [5, 5.41) is 22.5. The number of carbonyl (C=O) groups is 2. The number of hydrogen-bond donors (Lipinski definition) is 2. The van der Waals surface area contributed by atoms with Crippen molar-refractivity contribution in [2.24, 2.45) is 5.92 Å². The number of urea groups is 1. The molecule has 2 N–H and O–H groups in total. The molecule has 0 unspecified atom stereocenters. The maximum atomic E-state index is 13.7. The fraction of sp³-hybridized carbons (Fsp3) is 0.308. The van der Waals surface area contributed by atoms with E-state index in [0.29, 0.717) is 48.1 Å². The van der Waals surface area contributed by atoms with Gasteiger partial charge in [0.05, 0.1) is 13.1 Å². The van der Waals surface area contributed by atoms with Crippen molar-refractivity contribution < 1.29 is 28.7 Å². The van der Waals surface area contributed by atoms with Crippen LogP contribution in [0.5, 0.6) is 11.5 Å². The molecule has 2 bridgehead atoms. The van der Waals surface area contributed by atoms with Gasteiger partial charge < -0.3 is 14.6 Å². The molecular formula is C26H25N4O5+. The monoisotopic (exact) mass is 473 g/mol. The molecule has 1 aromatic heterocycles. The Kier molecular flexibility index (Phi) is 5.05. The van der Waals surface area contributed by atoms with Crippen LogP contribution in [0.4, 0.5) is 10.6 Å². The van der Waals surface area contributed by atoms with E-state index in [-0.39, 0.29) is 16.4 Å². The highest BCUT2D eigenvalue weighted by Crippen LogP contribution is 2.48. The molecule has 7 rings (SSSR count). The third-order valence-corrected chi connectivity index (χ3v) is 7.48. The number of ether oxygens (including phenoxy) is 2. The Morgan fingerprint density at radius 3 is 2.29 bits per heavy atom. The van der Waals surface area contributed by atoms with Gasteiger partial charge in [-0.15, -0.1) is 5.10 Å². The molecule has 4 aliphatic rings. The second kappa shape index (κ2) is 8.14. The fourth-order valence-electron chi connectivity index (χ4n) is 5.56. The number of quaternary nitrogens is 1. The number of hydrogen-bond acceptors (Lipinski definition) is 7. The first-order chi connectivity index (χ1) is 17.0. The SMILES string of the molecule is O=C(O[C@H]1C[N+]2(C(=O)Nc3cccnn3)CCC1CC2)C1(O)c2ccccc2Oc2ccccc21. The van der Waals surface area contributed by atoms with Gasteiger partial charge in [0.2, 0.25) is 5.60 Å². The second-order valence-corrected chi connectivity index (χ2v) is 9.40. The van der Waals surface area contributed by atoms with E-state index in [1.807, 2.05) is 0 Å². The summed E-state index contributed by atoms with van der Waals surface area (Å²) in [4.78, 5) is 27.0. The summed E-state index contributed by atoms with van der Waals surface area (Å²) in [6, 6.07) is 17.1. The summed E-state index contributed by atoms with van der Waals surface area (Å²) in [5.74, 6) is 0.581. The van der Waals surface area contributed by atoms with Gasteiger partial charge in [-0.25, -0.2) is 14.1 Å². The number of aromatic nitrogens is 2. The summed E-state index contributed by atoms with van der Waals surface area (Å²) in [7, 11) is 0. The van der Waals surface area contributed by atoms with Gasteiger partial charge in [0.1, 0.15) is 18.0 Å². The van der Waals surface area contributed by atoms with Crippen LogP contribution >= 0.6 is 0 Å². The van der Waals surface area contributed by atoms with E-state index in [0.717, 1.165) is 12.8 Å². The highest BCUT2D eigenvalue weighted by Gasteiger charge is 2.55. The molecule has 3 fully saturated rings. The van der Waals surface area contributed by atoms with Crippen LogP contribution in [0.15, 0.2) is 66.9 Å². The van der Waals surface area contributed by atoms with Crippen molar-refractivity contribution in [3.05, 3.63) is 78.0 Å². The Morgan fingerprint density at radius 1 is 1.00 bits per heavy atom. The number of amides is 2. The minimum atomic E-state index is -2.01. The van der Waals surface area contributed by atoms with Gasteiger partial charge in [-0.3, -0.25) is 5.32 Å². The predicted molar refractivity (Wildman–Crippen MR) is 124 cm³/mol. The lowest BCUT2D eigenvalue weighted by Gasteiger charge is -2.49. The Morgan fingerprint density at radius 2 is 1.66 bits per heavy atom. The number of aliphatic hydroxyl groups is 1. The highest BCUT2D eigenvalue weighted by molar-refractivity contribution is 5.88. The Labute approximate surface area is 201 Å². The third-order valence-electron chi connectivity index (χ3n) is 7.48. The van der Waals surface area contributed by atoms with Crippen molar-refractivity contribution in [3.63, 3.8) is 0 Å². The minimum absolute atomic E-state index is 0.136. The maximum absolute atomic E-state index is 13.7. The second-order valence-electron chi connectivity index (χ2n) is 9.40. The van der Waals surface area contributed by atoms with Gasteiger partial charge in [-0.2, -0.15) is 5.10 Å². The van der Waals surface area contributed by atoms with Gasteiger partial charge in [0.15, 0.2) is 11.9 Å². The van der Waals surface area contributed by atoms with E-state index >= 15 is 0 Å². The zero-order valence-corrected chi connectivity index (χ0v) is 19.0. The van der Waals surface area contributed by atoms with E-state index in [1.165, 1.54) is 0 Å². The lowest BCUT2D eigenvalue weighted by atomic mass is 9.81. The first kappa shape index (κ1) is 21.7. The number of para-hydroxylation sites is 2. The van der Waals surface area contributed by atoms with E-state index in [9.17, 15) is 14.7 Å². The number of nitrogens with one attached hydrogen (secondary N) is 1. The quantitative estimate of drug-likeness (QED) is 0.444. The molecule has 3 aromatic rings. The van der Waals surface area contributed by atoms with Crippen LogP contribution in [0, 0.1) is 5.92 Å². The molecule has 9 heteroatoms. The first-order valence-electron chi connectivity index (χ1n) is 11.8. The number of nitrogens with zero attached hydrogens (tertiary/aromatic N) is 3. The summed E-state index contributed by atoms with van der Waals surface area (Å²) in [6.07, 6.45) is 2.55. The Balaban J connectivity index is 1.28. The molecule has 1 atom stereocenters. The van der Waals surface area contributed by atoms with Crippen molar-refractivity contribution in [1.29, 1.82) is 0 Å². The van der Waals surface area contributed by atoms with Crippen LogP contribution in [0.25, 0.3) is 0 Å². The normalized spacial score (nSPS) is 25.5. The van der Waals surface area contributed by atoms with Gasteiger partial charge in [-0.1, -0.05) is 36.4 Å². The van der Waals surface area contributed by atoms with Crippen molar-refractivity contribution in [2.45, 2.75) is 24.5 Å². The molecule has 0 spiro atoms. The average molecular weight is 474 g/mol. The largest absolute Gasteiger partial charge is 0.457 e. The number of rotatable bonds is 3. The first-order valence-corrected chi connectivity index (χ1v) is 11.8. The number of piperidine rings is 3. The predicted octanol–water partition coefficient (Wildman–Crippen LogP) is 3.20. The topological polar surface area (TPSA) is 111 Å². The van der Waals surface area contributed by atoms with E-state index in [4.69, 9.17) is 9.47 Å². The summed E-state index contributed by atoms with van der Waals surface area (Å²) < 4.78 is 12.1. The molecule has 5 heterocycles. The van der Waals surface area contributed by atoms with Gasteiger partial charge in [-0.05, 0) is 24.3 Å². The molecule has 4 aliphatic heterocycles. The van der Waals surface area contributed by atoms with Crippen molar-refractivity contribution in [1.82, 2.24) is 10.2 Å². The van der Waals surface area contributed by atoms with Gasteiger partial charge in [0, 0.05) is 36.1 Å².